The summed E-state index contributed by atoms with van der Waals surface area (Å²) in [7, 11) is 0. The number of carbonyl (C=O) groups is 1. The number of pyridine rings is 1. The van der Waals surface area contributed by atoms with E-state index < -0.39 is 52.8 Å². The highest BCUT2D eigenvalue weighted by molar-refractivity contribution is 6.00. The van der Waals surface area contributed by atoms with Crippen LogP contribution in [0.1, 0.15) is 77.7 Å². The van der Waals surface area contributed by atoms with Crippen molar-refractivity contribution >= 4 is 5.97 Å². The molecule has 186 valence electrons. The van der Waals surface area contributed by atoms with Gasteiger partial charge in [0.25, 0.3) is 6.43 Å². The van der Waals surface area contributed by atoms with E-state index >= 15 is 0 Å². The number of rotatable bonds is 7. The Hall–Kier alpha value is -3.33. The van der Waals surface area contributed by atoms with Crippen LogP contribution >= 0.6 is 0 Å². The zero-order valence-electron chi connectivity index (χ0n) is 19.2. The van der Waals surface area contributed by atoms with E-state index in [0.29, 0.717) is 0 Å². The number of esters is 1. The maximum atomic E-state index is 14.2. The van der Waals surface area contributed by atoms with Crippen LogP contribution in [0, 0.1) is 0 Å². The molecule has 0 aliphatic rings. The van der Waals surface area contributed by atoms with E-state index in [-0.39, 0.29) is 23.7 Å². The van der Waals surface area contributed by atoms with Crippen molar-refractivity contribution in [1.82, 2.24) is 4.98 Å². The molecule has 3 aromatic rings. The van der Waals surface area contributed by atoms with Gasteiger partial charge in [0.1, 0.15) is 11.8 Å². The molecule has 0 bridgehead atoms. The topological polar surface area (TPSA) is 59.4 Å². The summed E-state index contributed by atoms with van der Waals surface area (Å²) >= 11 is 0. The van der Waals surface area contributed by atoms with Crippen molar-refractivity contribution in [3.63, 3.8) is 0 Å². The van der Waals surface area contributed by atoms with Gasteiger partial charge in [-0.1, -0.05) is 68.4 Å². The smallest absolute Gasteiger partial charge is 0.434 e. The van der Waals surface area contributed by atoms with E-state index in [4.69, 9.17) is 4.74 Å². The van der Waals surface area contributed by atoms with Gasteiger partial charge in [-0.15, -0.1) is 0 Å². The molecule has 9 heteroatoms. The summed E-state index contributed by atoms with van der Waals surface area (Å²) < 4.78 is 75.1. The molecule has 0 aliphatic heterocycles. The van der Waals surface area contributed by atoms with Crippen LogP contribution in [0.15, 0.2) is 54.6 Å². The van der Waals surface area contributed by atoms with Crippen LogP contribution in [-0.4, -0.2) is 22.7 Å². The molecule has 1 heterocycles. The summed E-state index contributed by atoms with van der Waals surface area (Å²) in [6.45, 7) is 5.04. The van der Waals surface area contributed by atoms with Crippen molar-refractivity contribution in [2.45, 2.75) is 45.4 Å². The number of hydrogen-bond acceptors (Lipinski definition) is 4. The second-order valence-electron chi connectivity index (χ2n) is 8.12. The minimum atomic E-state index is -5.24. The molecule has 4 nitrogen and oxygen atoms in total. The van der Waals surface area contributed by atoms with E-state index in [1.165, 1.54) is 43.3 Å². The number of halogens is 5. The van der Waals surface area contributed by atoms with Gasteiger partial charge in [0, 0.05) is 11.1 Å². The summed E-state index contributed by atoms with van der Waals surface area (Å²) in [5.74, 6) is -1.23. The Morgan fingerprint density at radius 2 is 1.57 bits per heavy atom. The highest BCUT2D eigenvalue weighted by Crippen LogP contribution is 2.44. The monoisotopic (exact) mass is 493 g/mol. The molecule has 0 amide bonds. The van der Waals surface area contributed by atoms with Crippen molar-refractivity contribution in [2.75, 3.05) is 6.61 Å². The van der Waals surface area contributed by atoms with Crippen molar-refractivity contribution in [3.05, 3.63) is 88.2 Å². The molecule has 0 saturated carbocycles. The molecular formula is C26H24F5NO3. The third-order valence-corrected chi connectivity index (χ3v) is 5.47. The lowest BCUT2D eigenvalue weighted by Gasteiger charge is -2.25. The normalized spacial score (nSPS) is 12.8. The van der Waals surface area contributed by atoms with E-state index in [1.54, 1.807) is 18.2 Å². The van der Waals surface area contributed by atoms with Crippen LogP contribution in [-0.2, 0) is 10.9 Å². The molecule has 1 aromatic heterocycles. The molecule has 1 N–H and O–H groups in total. The molecule has 35 heavy (non-hydrogen) atoms. The molecule has 0 saturated heterocycles. The zero-order valence-corrected chi connectivity index (χ0v) is 19.2. The number of alkyl halides is 5. The summed E-state index contributed by atoms with van der Waals surface area (Å²) in [5.41, 5.74) is -4.07. The first-order chi connectivity index (χ1) is 16.5. The van der Waals surface area contributed by atoms with Gasteiger partial charge in [-0.25, -0.2) is 18.6 Å². The van der Waals surface area contributed by atoms with Gasteiger partial charge < -0.3 is 9.84 Å². The maximum absolute atomic E-state index is 14.2. The molecule has 0 spiro atoms. The van der Waals surface area contributed by atoms with Gasteiger partial charge in [0.2, 0.25) is 0 Å². The van der Waals surface area contributed by atoms with E-state index in [0.717, 1.165) is 5.56 Å². The Labute approximate surface area is 199 Å². The van der Waals surface area contributed by atoms with Crippen LogP contribution < -0.4 is 0 Å². The second-order valence-corrected chi connectivity index (χ2v) is 8.12. The maximum Gasteiger partial charge on any atom is 0.434 e. The van der Waals surface area contributed by atoms with Crippen molar-refractivity contribution in [2.24, 2.45) is 0 Å². The lowest BCUT2D eigenvalue weighted by Crippen LogP contribution is -2.23. The van der Waals surface area contributed by atoms with Crippen LogP contribution in [0.4, 0.5) is 22.0 Å². The average Bonchev–Trinajstić information content (AvgIpc) is 2.82. The first-order valence-corrected chi connectivity index (χ1v) is 10.9. The van der Waals surface area contributed by atoms with Crippen molar-refractivity contribution in [1.29, 1.82) is 0 Å². The predicted molar refractivity (Wildman–Crippen MR) is 120 cm³/mol. The zero-order chi connectivity index (χ0) is 25.9. The van der Waals surface area contributed by atoms with Gasteiger partial charge in [-0.2, -0.15) is 13.2 Å². The third-order valence-electron chi connectivity index (χ3n) is 5.47. The number of aliphatic hydroxyl groups is 1. The third kappa shape index (κ3) is 5.51. The highest BCUT2D eigenvalue weighted by Gasteiger charge is 2.43. The summed E-state index contributed by atoms with van der Waals surface area (Å²) in [6, 6.07) is 13.7. The fraction of sp³-hybridized carbons (Fsp3) is 0.308. The van der Waals surface area contributed by atoms with E-state index in [9.17, 15) is 31.9 Å². The number of nitrogens with zero attached hydrogens (tertiary/aromatic N) is 1. The molecule has 0 fully saturated rings. The Balaban J connectivity index is 2.45. The molecule has 0 aliphatic carbocycles. The first-order valence-electron chi connectivity index (χ1n) is 10.9. The minimum Gasteiger partial charge on any atom is -0.462 e. The van der Waals surface area contributed by atoms with Gasteiger partial charge >= 0.3 is 12.1 Å². The Kier molecular flexibility index (Phi) is 7.90. The minimum absolute atomic E-state index is 0.0261. The van der Waals surface area contributed by atoms with Crippen LogP contribution in [0.2, 0.25) is 0 Å². The van der Waals surface area contributed by atoms with Gasteiger partial charge in [0.15, 0.2) is 5.69 Å². The molecular weight excluding hydrogens is 469 g/mol. The molecule has 2 aromatic carbocycles. The van der Waals surface area contributed by atoms with Gasteiger partial charge in [0.05, 0.1) is 12.2 Å². The Morgan fingerprint density at radius 3 is 2.06 bits per heavy atom. The number of ether oxygens (including phenoxy) is 1. The second kappa shape index (κ2) is 10.5. The van der Waals surface area contributed by atoms with E-state index in [1.807, 2.05) is 13.8 Å². The van der Waals surface area contributed by atoms with Gasteiger partial charge in [-0.05, 0) is 29.5 Å². The Bertz CT molecular complexity index is 1180. The standard InChI is InChI=1S/C26H24F5NO3/c1-4-35-25(34)20-18(16-8-6-5-7-9-16)19(21(24(27)28)32-23(20)26(29,30)31)22(33)17-12-10-15(11-13-17)14(2)3/h5-14,22,24,33H,4H2,1-3H3. The van der Waals surface area contributed by atoms with E-state index in [2.05, 4.69) is 4.98 Å². The van der Waals surface area contributed by atoms with Crippen molar-refractivity contribution < 1.29 is 36.6 Å². The predicted octanol–water partition coefficient (Wildman–Crippen LogP) is 7.09. The number of aromatic nitrogens is 1. The fourth-order valence-electron chi connectivity index (χ4n) is 3.80. The van der Waals surface area contributed by atoms with Gasteiger partial charge in [-0.3, -0.25) is 0 Å². The molecule has 1 atom stereocenters. The lowest BCUT2D eigenvalue weighted by atomic mass is 9.86. The molecule has 1 unspecified atom stereocenters. The SMILES string of the molecule is CCOC(=O)c1c(C(F)(F)F)nc(C(F)F)c(C(O)c2ccc(C(C)C)cc2)c1-c1ccccc1. The summed E-state index contributed by atoms with van der Waals surface area (Å²) in [6.07, 6.45) is -10.5. The lowest BCUT2D eigenvalue weighted by molar-refractivity contribution is -0.142. The first kappa shape index (κ1) is 26.3. The molecule has 0 radical (unpaired) electrons. The Morgan fingerprint density at radius 1 is 1.00 bits per heavy atom. The summed E-state index contributed by atoms with van der Waals surface area (Å²) in [4.78, 5) is 16.0. The van der Waals surface area contributed by atoms with Crippen LogP contribution in [0.25, 0.3) is 11.1 Å². The number of carbonyl (C=O) groups excluding carboxylic acids is 1. The highest BCUT2D eigenvalue weighted by atomic mass is 19.4. The largest absolute Gasteiger partial charge is 0.462 e. The number of benzene rings is 2. The number of aliphatic hydroxyl groups excluding tert-OH is 1. The number of hydrogen-bond donors (Lipinski definition) is 1. The molecule has 3 rings (SSSR count). The van der Waals surface area contributed by atoms with Crippen LogP contribution in [0.5, 0.6) is 0 Å². The average molecular weight is 493 g/mol. The van der Waals surface area contributed by atoms with Crippen LogP contribution in [0.3, 0.4) is 0 Å². The van der Waals surface area contributed by atoms with Crippen molar-refractivity contribution in [3.8, 4) is 11.1 Å². The summed E-state index contributed by atoms with van der Waals surface area (Å²) in [5, 5.41) is 11.2. The fourth-order valence-corrected chi connectivity index (χ4v) is 3.80. The quantitative estimate of drug-likeness (QED) is 0.282.